The number of carbonyl (C=O) groups excluding carboxylic acids is 1. The van der Waals surface area contributed by atoms with Gasteiger partial charge in [-0.05, 0) is 32.4 Å². The first kappa shape index (κ1) is 17.0. The number of carbonyl (C=O) groups is 2. The molecule has 21 heavy (non-hydrogen) atoms. The topological polar surface area (TPSA) is 95.9 Å². The number of aliphatic carboxylic acids is 1. The molecule has 1 amide bonds. The van der Waals surface area contributed by atoms with E-state index in [1.807, 2.05) is 32.0 Å². The molecule has 1 unspecified atom stereocenters. The van der Waals surface area contributed by atoms with Crippen LogP contribution < -0.4 is 10.1 Å². The first-order valence-corrected chi connectivity index (χ1v) is 6.65. The Morgan fingerprint density at radius 1 is 1.33 bits per heavy atom. The number of hydrogen-bond donors (Lipinski definition) is 3. The molecule has 116 valence electrons. The fourth-order valence-corrected chi connectivity index (χ4v) is 1.65. The van der Waals surface area contributed by atoms with Crippen LogP contribution in [0.2, 0.25) is 0 Å². The van der Waals surface area contributed by atoms with E-state index in [1.165, 1.54) is 0 Å². The second-order valence-electron chi connectivity index (χ2n) is 5.22. The first-order valence-electron chi connectivity index (χ1n) is 6.65. The maximum Gasteiger partial charge on any atom is 0.337 e. The summed E-state index contributed by atoms with van der Waals surface area (Å²) in [7, 11) is 0. The minimum atomic E-state index is -1.97. The SMILES string of the molecule is Cc1ccc(OCCC(=O)NCC(C)(O)C(=O)O)c(C)c1. The van der Waals surface area contributed by atoms with Crippen molar-refractivity contribution in [2.24, 2.45) is 0 Å². The van der Waals surface area contributed by atoms with Crippen molar-refractivity contribution in [2.45, 2.75) is 32.8 Å². The molecule has 0 radical (unpaired) electrons. The van der Waals surface area contributed by atoms with Crippen molar-refractivity contribution in [3.05, 3.63) is 29.3 Å². The number of rotatable bonds is 7. The molecule has 0 saturated carbocycles. The van der Waals surface area contributed by atoms with E-state index in [1.54, 1.807) is 0 Å². The van der Waals surface area contributed by atoms with E-state index in [0.29, 0.717) is 5.75 Å². The molecule has 3 N–H and O–H groups in total. The summed E-state index contributed by atoms with van der Waals surface area (Å²) in [6.07, 6.45) is 0.0863. The van der Waals surface area contributed by atoms with Gasteiger partial charge in [-0.25, -0.2) is 4.79 Å². The number of carboxylic acids is 1. The third-order valence-electron chi connectivity index (χ3n) is 3.01. The number of carboxylic acid groups (broad SMARTS) is 1. The summed E-state index contributed by atoms with van der Waals surface area (Å²) in [6.45, 7) is 4.88. The van der Waals surface area contributed by atoms with Crippen LogP contribution in [0.5, 0.6) is 5.75 Å². The zero-order chi connectivity index (χ0) is 16.0. The molecule has 1 rings (SSSR count). The van der Waals surface area contributed by atoms with E-state index in [-0.39, 0.29) is 25.5 Å². The highest BCUT2D eigenvalue weighted by molar-refractivity contribution is 5.80. The van der Waals surface area contributed by atoms with Crippen molar-refractivity contribution in [1.29, 1.82) is 0 Å². The third-order valence-corrected chi connectivity index (χ3v) is 3.01. The van der Waals surface area contributed by atoms with Gasteiger partial charge in [-0.3, -0.25) is 4.79 Å². The van der Waals surface area contributed by atoms with Crippen LogP contribution in [0.15, 0.2) is 18.2 Å². The smallest absolute Gasteiger partial charge is 0.337 e. The first-order chi connectivity index (χ1) is 9.72. The highest BCUT2D eigenvalue weighted by Crippen LogP contribution is 2.18. The molecule has 0 heterocycles. The molecule has 6 nitrogen and oxygen atoms in total. The molecule has 0 aliphatic heterocycles. The molecule has 0 bridgehead atoms. The summed E-state index contributed by atoms with van der Waals surface area (Å²) in [5.74, 6) is -1.04. The van der Waals surface area contributed by atoms with Gasteiger partial charge < -0.3 is 20.3 Å². The van der Waals surface area contributed by atoms with Crippen LogP contribution >= 0.6 is 0 Å². The number of aryl methyl sites for hydroxylation is 2. The molecule has 0 spiro atoms. The van der Waals surface area contributed by atoms with Gasteiger partial charge in [0.15, 0.2) is 5.60 Å². The summed E-state index contributed by atoms with van der Waals surface area (Å²) in [4.78, 5) is 22.2. The standard InChI is InChI=1S/C15H21NO5/c1-10-4-5-12(11(2)8-10)21-7-6-13(17)16-9-15(3,20)14(18)19/h4-5,8,20H,6-7,9H2,1-3H3,(H,16,17)(H,18,19). The summed E-state index contributed by atoms with van der Waals surface area (Å²) >= 11 is 0. The number of aliphatic hydroxyl groups is 1. The number of nitrogens with one attached hydrogen (secondary N) is 1. The number of benzene rings is 1. The van der Waals surface area contributed by atoms with Gasteiger partial charge in [0.05, 0.1) is 19.6 Å². The quantitative estimate of drug-likeness (QED) is 0.698. The van der Waals surface area contributed by atoms with Crippen LogP contribution in [0.1, 0.15) is 24.5 Å². The van der Waals surface area contributed by atoms with Crippen molar-refractivity contribution < 1.29 is 24.5 Å². The van der Waals surface area contributed by atoms with Gasteiger partial charge in [0.25, 0.3) is 0 Å². The Labute approximate surface area is 123 Å². The van der Waals surface area contributed by atoms with Gasteiger partial charge >= 0.3 is 5.97 Å². The van der Waals surface area contributed by atoms with Gasteiger partial charge in [0.2, 0.25) is 5.91 Å². The van der Waals surface area contributed by atoms with E-state index < -0.39 is 11.6 Å². The van der Waals surface area contributed by atoms with Gasteiger partial charge in [0, 0.05) is 0 Å². The van der Waals surface area contributed by atoms with Gasteiger partial charge in [-0.1, -0.05) is 17.7 Å². The Morgan fingerprint density at radius 2 is 2.00 bits per heavy atom. The Morgan fingerprint density at radius 3 is 2.57 bits per heavy atom. The molecular formula is C15H21NO5. The van der Waals surface area contributed by atoms with E-state index >= 15 is 0 Å². The third kappa shape index (κ3) is 5.43. The zero-order valence-electron chi connectivity index (χ0n) is 12.5. The Kier molecular flexibility index (Phi) is 5.72. The largest absolute Gasteiger partial charge is 0.493 e. The van der Waals surface area contributed by atoms with Crippen LogP contribution in [-0.2, 0) is 9.59 Å². The van der Waals surface area contributed by atoms with Crippen molar-refractivity contribution in [3.63, 3.8) is 0 Å². The minimum Gasteiger partial charge on any atom is -0.493 e. The molecule has 1 aromatic rings. The Hall–Kier alpha value is -2.08. The highest BCUT2D eigenvalue weighted by atomic mass is 16.5. The molecule has 0 fully saturated rings. The van der Waals surface area contributed by atoms with Crippen LogP contribution in [0.25, 0.3) is 0 Å². The minimum absolute atomic E-state index is 0.0863. The average molecular weight is 295 g/mol. The fourth-order valence-electron chi connectivity index (χ4n) is 1.65. The van der Waals surface area contributed by atoms with Crippen molar-refractivity contribution in [3.8, 4) is 5.75 Å². The van der Waals surface area contributed by atoms with Crippen LogP contribution in [0.3, 0.4) is 0 Å². The number of ether oxygens (including phenoxy) is 1. The van der Waals surface area contributed by atoms with Crippen LogP contribution in [0, 0.1) is 13.8 Å². The average Bonchev–Trinajstić information content (AvgIpc) is 2.39. The Bertz CT molecular complexity index is 525. The van der Waals surface area contributed by atoms with E-state index in [0.717, 1.165) is 18.1 Å². The molecule has 0 saturated heterocycles. The molecule has 0 aliphatic rings. The molecule has 0 aliphatic carbocycles. The zero-order valence-corrected chi connectivity index (χ0v) is 12.5. The van der Waals surface area contributed by atoms with Gasteiger partial charge in [-0.2, -0.15) is 0 Å². The lowest BCUT2D eigenvalue weighted by atomic mass is 10.1. The molecule has 1 atom stereocenters. The predicted molar refractivity (Wildman–Crippen MR) is 77.3 cm³/mol. The predicted octanol–water partition coefficient (Wildman–Crippen LogP) is 1.02. The number of hydrogen-bond acceptors (Lipinski definition) is 4. The van der Waals surface area contributed by atoms with Crippen LogP contribution in [0.4, 0.5) is 0 Å². The van der Waals surface area contributed by atoms with Gasteiger partial charge in [-0.15, -0.1) is 0 Å². The van der Waals surface area contributed by atoms with Crippen molar-refractivity contribution in [2.75, 3.05) is 13.2 Å². The lowest BCUT2D eigenvalue weighted by Gasteiger charge is -2.18. The maximum atomic E-state index is 11.5. The maximum absolute atomic E-state index is 11.5. The van der Waals surface area contributed by atoms with Gasteiger partial charge in [0.1, 0.15) is 5.75 Å². The molecule has 0 aromatic heterocycles. The second kappa shape index (κ2) is 7.08. The monoisotopic (exact) mass is 295 g/mol. The summed E-state index contributed by atoms with van der Waals surface area (Å²) in [5.41, 5.74) is 0.155. The van der Waals surface area contributed by atoms with Crippen LogP contribution in [-0.4, -0.2) is 40.8 Å². The highest BCUT2D eigenvalue weighted by Gasteiger charge is 2.30. The number of amides is 1. The molecule has 1 aromatic carbocycles. The lowest BCUT2D eigenvalue weighted by molar-refractivity contribution is -0.156. The second-order valence-corrected chi connectivity index (χ2v) is 5.22. The summed E-state index contributed by atoms with van der Waals surface area (Å²) in [5, 5.41) is 20.5. The fraction of sp³-hybridized carbons (Fsp3) is 0.467. The van der Waals surface area contributed by atoms with E-state index in [2.05, 4.69) is 5.32 Å². The van der Waals surface area contributed by atoms with E-state index in [9.17, 15) is 14.7 Å². The Balaban J connectivity index is 2.35. The van der Waals surface area contributed by atoms with E-state index in [4.69, 9.17) is 9.84 Å². The molecule has 6 heteroatoms. The summed E-state index contributed by atoms with van der Waals surface area (Å²) < 4.78 is 5.50. The van der Waals surface area contributed by atoms with Crippen molar-refractivity contribution in [1.82, 2.24) is 5.32 Å². The molecular weight excluding hydrogens is 274 g/mol. The normalized spacial score (nSPS) is 13.3. The van der Waals surface area contributed by atoms with Crippen molar-refractivity contribution >= 4 is 11.9 Å². The summed E-state index contributed by atoms with van der Waals surface area (Å²) in [6, 6.07) is 5.75. The lowest BCUT2D eigenvalue weighted by Crippen LogP contribution is -2.46.